The topological polar surface area (TPSA) is 43.4 Å². The van der Waals surface area contributed by atoms with Gasteiger partial charge in [0.05, 0.1) is 4.90 Å². The van der Waals surface area contributed by atoms with Gasteiger partial charge in [-0.2, -0.15) is 0 Å². The van der Waals surface area contributed by atoms with Crippen LogP contribution in [0.3, 0.4) is 0 Å². The Kier molecular flexibility index (Phi) is 4.82. The average Bonchev–Trinajstić information content (AvgIpc) is 2.20. The molecule has 0 aromatic heterocycles. The average molecular weight is 289 g/mol. The van der Waals surface area contributed by atoms with E-state index >= 15 is 0 Å². The van der Waals surface area contributed by atoms with Crippen LogP contribution in [0.2, 0.25) is 0 Å². The zero-order valence-corrected chi connectivity index (χ0v) is 12.5. The van der Waals surface area contributed by atoms with Crippen molar-refractivity contribution in [1.29, 1.82) is 0 Å². The van der Waals surface area contributed by atoms with Crippen molar-refractivity contribution < 1.29 is 13.2 Å². The maximum absolute atomic E-state index is 11.3. The van der Waals surface area contributed by atoms with Crippen molar-refractivity contribution in [2.24, 2.45) is 0 Å². The van der Waals surface area contributed by atoms with Gasteiger partial charge in [-0.15, -0.1) is 0 Å². The number of benzene rings is 1. The molecule has 0 spiro atoms. The van der Waals surface area contributed by atoms with Crippen molar-refractivity contribution >= 4 is 19.7 Å². The molecule has 0 fully saturated rings. The van der Waals surface area contributed by atoms with Crippen LogP contribution in [0.1, 0.15) is 25.0 Å². The number of allylic oxidation sites excluding steroid dienone is 1. The molecule has 0 amide bonds. The zero-order valence-electron chi connectivity index (χ0n) is 11.0. The van der Waals surface area contributed by atoms with Gasteiger partial charge in [0.25, 0.3) is 9.05 Å². The van der Waals surface area contributed by atoms with Crippen molar-refractivity contribution in [1.82, 2.24) is 0 Å². The second-order valence-corrected chi connectivity index (χ2v) is 6.98. The molecule has 0 radical (unpaired) electrons. The van der Waals surface area contributed by atoms with Crippen LogP contribution in [0.5, 0.6) is 5.75 Å². The van der Waals surface area contributed by atoms with Gasteiger partial charge < -0.3 is 4.74 Å². The van der Waals surface area contributed by atoms with Crippen LogP contribution in [0.15, 0.2) is 28.7 Å². The molecule has 0 saturated carbocycles. The molecule has 0 atom stereocenters. The predicted molar refractivity (Wildman–Crippen MR) is 73.9 cm³/mol. The Morgan fingerprint density at radius 2 is 1.78 bits per heavy atom. The van der Waals surface area contributed by atoms with E-state index < -0.39 is 9.05 Å². The van der Waals surface area contributed by atoms with E-state index in [1.165, 1.54) is 17.7 Å². The summed E-state index contributed by atoms with van der Waals surface area (Å²) in [5, 5.41) is 0. The van der Waals surface area contributed by atoms with Crippen molar-refractivity contribution in [2.75, 3.05) is 6.61 Å². The monoisotopic (exact) mass is 288 g/mol. The van der Waals surface area contributed by atoms with Gasteiger partial charge in [-0.05, 0) is 57.0 Å². The fourth-order valence-electron chi connectivity index (χ4n) is 1.57. The highest BCUT2D eigenvalue weighted by molar-refractivity contribution is 8.13. The fourth-order valence-corrected chi connectivity index (χ4v) is 2.47. The maximum Gasteiger partial charge on any atom is 0.261 e. The molecule has 0 aliphatic rings. The minimum atomic E-state index is -3.69. The number of ether oxygens (including phenoxy) is 1. The van der Waals surface area contributed by atoms with E-state index in [4.69, 9.17) is 15.4 Å². The highest BCUT2D eigenvalue weighted by atomic mass is 35.7. The molecular formula is C13H17ClO3S. The second-order valence-electron chi connectivity index (χ2n) is 4.42. The third-order valence-electron chi connectivity index (χ3n) is 2.43. The lowest BCUT2D eigenvalue weighted by molar-refractivity contribution is 0.356. The first-order valence-electron chi connectivity index (χ1n) is 5.54. The summed E-state index contributed by atoms with van der Waals surface area (Å²) >= 11 is 0. The lowest BCUT2D eigenvalue weighted by atomic mass is 10.1. The number of halogens is 1. The highest BCUT2D eigenvalue weighted by Gasteiger charge is 2.14. The molecule has 100 valence electrons. The van der Waals surface area contributed by atoms with Gasteiger partial charge in [0.15, 0.2) is 0 Å². The summed E-state index contributed by atoms with van der Waals surface area (Å²) in [7, 11) is 1.63. The van der Waals surface area contributed by atoms with Crippen LogP contribution in [0.4, 0.5) is 0 Å². The van der Waals surface area contributed by atoms with E-state index in [0.29, 0.717) is 12.4 Å². The van der Waals surface area contributed by atoms with Crippen molar-refractivity contribution in [2.45, 2.75) is 32.6 Å². The molecule has 0 aliphatic carbocycles. The first kappa shape index (κ1) is 15.1. The number of rotatable bonds is 4. The first-order chi connectivity index (χ1) is 8.21. The predicted octanol–water partition coefficient (Wildman–Crippen LogP) is 3.58. The summed E-state index contributed by atoms with van der Waals surface area (Å²) in [5.74, 6) is 0.705. The normalized spacial score (nSPS) is 11.2. The lowest BCUT2D eigenvalue weighted by Gasteiger charge is -2.12. The Bertz CT molecular complexity index is 547. The molecule has 3 nitrogen and oxygen atoms in total. The van der Waals surface area contributed by atoms with Gasteiger partial charge in [0.2, 0.25) is 0 Å². The summed E-state index contributed by atoms with van der Waals surface area (Å²) in [6.45, 7) is 8.06. The van der Waals surface area contributed by atoms with Gasteiger partial charge in [-0.1, -0.05) is 5.57 Å². The minimum Gasteiger partial charge on any atom is -0.489 e. The number of hydrogen-bond donors (Lipinski definition) is 0. The summed E-state index contributed by atoms with van der Waals surface area (Å²) < 4.78 is 28.2. The molecule has 5 heteroatoms. The number of aryl methyl sites for hydroxylation is 2. The third-order valence-corrected chi connectivity index (χ3v) is 3.77. The Morgan fingerprint density at radius 1 is 1.28 bits per heavy atom. The standard InChI is InChI=1S/C13H17ClO3S/c1-9(2)5-6-17-13-10(3)7-12(8-11(13)4)18(14,15)16/h5,7-8H,6H2,1-4H3. The van der Waals surface area contributed by atoms with Crippen LogP contribution in [0.25, 0.3) is 0 Å². The van der Waals surface area contributed by atoms with E-state index in [1.807, 2.05) is 19.9 Å². The van der Waals surface area contributed by atoms with E-state index in [2.05, 4.69) is 0 Å². The van der Waals surface area contributed by atoms with E-state index in [-0.39, 0.29) is 4.90 Å². The molecule has 1 aromatic rings. The van der Waals surface area contributed by atoms with Gasteiger partial charge in [-0.3, -0.25) is 0 Å². The van der Waals surface area contributed by atoms with Crippen LogP contribution >= 0.6 is 10.7 Å². The quantitative estimate of drug-likeness (QED) is 0.628. The van der Waals surface area contributed by atoms with E-state index in [1.54, 1.807) is 13.8 Å². The molecule has 0 unspecified atom stereocenters. The largest absolute Gasteiger partial charge is 0.489 e. The molecule has 1 aromatic carbocycles. The van der Waals surface area contributed by atoms with Gasteiger partial charge >= 0.3 is 0 Å². The summed E-state index contributed by atoms with van der Waals surface area (Å²) in [6.07, 6.45) is 1.96. The van der Waals surface area contributed by atoms with E-state index in [0.717, 1.165) is 11.1 Å². The summed E-state index contributed by atoms with van der Waals surface area (Å²) in [4.78, 5) is 0.105. The van der Waals surface area contributed by atoms with Crippen LogP contribution in [0, 0.1) is 13.8 Å². The van der Waals surface area contributed by atoms with E-state index in [9.17, 15) is 8.42 Å². The zero-order chi connectivity index (χ0) is 13.9. The van der Waals surface area contributed by atoms with Crippen molar-refractivity contribution in [3.63, 3.8) is 0 Å². The fraction of sp³-hybridized carbons (Fsp3) is 0.385. The van der Waals surface area contributed by atoms with Crippen molar-refractivity contribution in [3.05, 3.63) is 34.9 Å². The van der Waals surface area contributed by atoms with Gasteiger partial charge in [0.1, 0.15) is 12.4 Å². The summed E-state index contributed by atoms with van der Waals surface area (Å²) in [5.41, 5.74) is 2.69. The molecule has 0 bridgehead atoms. The first-order valence-corrected chi connectivity index (χ1v) is 7.85. The Labute approximate surface area is 113 Å². The Balaban J connectivity index is 3.06. The van der Waals surface area contributed by atoms with Crippen LogP contribution < -0.4 is 4.74 Å². The Hall–Kier alpha value is -1.00. The molecule has 0 saturated heterocycles. The third kappa shape index (κ3) is 4.03. The van der Waals surface area contributed by atoms with Gasteiger partial charge in [-0.25, -0.2) is 8.42 Å². The second kappa shape index (κ2) is 5.76. The molecule has 0 N–H and O–H groups in total. The lowest BCUT2D eigenvalue weighted by Crippen LogP contribution is -2.01. The SMILES string of the molecule is CC(C)=CCOc1c(C)cc(S(=O)(=O)Cl)cc1C. The Morgan fingerprint density at radius 3 is 2.17 bits per heavy atom. The molecule has 0 heterocycles. The maximum atomic E-state index is 11.3. The molecule has 1 rings (SSSR count). The van der Waals surface area contributed by atoms with Crippen molar-refractivity contribution in [3.8, 4) is 5.75 Å². The highest BCUT2D eigenvalue weighted by Crippen LogP contribution is 2.28. The molecule has 18 heavy (non-hydrogen) atoms. The van der Waals surface area contributed by atoms with Crippen LogP contribution in [-0.4, -0.2) is 15.0 Å². The minimum absolute atomic E-state index is 0.105. The number of hydrogen-bond acceptors (Lipinski definition) is 3. The summed E-state index contributed by atoms with van der Waals surface area (Å²) in [6, 6.07) is 3.04. The molecular weight excluding hydrogens is 272 g/mol. The van der Waals surface area contributed by atoms with Crippen LogP contribution in [-0.2, 0) is 9.05 Å². The molecule has 0 aliphatic heterocycles. The van der Waals surface area contributed by atoms with Gasteiger partial charge in [0, 0.05) is 10.7 Å². The smallest absolute Gasteiger partial charge is 0.261 e.